The van der Waals surface area contributed by atoms with E-state index in [0.717, 1.165) is 23.5 Å². The van der Waals surface area contributed by atoms with Gasteiger partial charge in [0.2, 0.25) is 0 Å². The predicted molar refractivity (Wildman–Crippen MR) is 61.1 cm³/mol. The second-order valence-electron chi connectivity index (χ2n) is 4.76. The first kappa shape index (κ1) is 9.63. The van der Waals surface area contributed by atoms with Gasteiger partial charge in [-0.05, 0) is 36.8 Å². The van der Waals surface area contributed by atoms with Crippen molar-refractivity contribution in [2.45, 2.75) is 26.3 Å². The number of aromatic nitrogens is 3. The Morgan fingerprint density at radius 2 is 2.31 bits per heavy atom. The number of phenolic OH excluding ortho intramolecular Hbond substituents is 1. The van der Waals surface area contributed by atoms with Gasteiger partial charge < -0.3 is 5.11 Å². The number of hydrogen-bond donors (Lipinski definition) is 1. The smallest absolute Gasteiger partial charge is 0.117 e. The molecule has 16 heavy (non-hydrogen) atoms. The zero-order valence-corrected chi connectivity index (χ0v) is 9.30. The number of nitrogens with zero attached hydrogens (tertiary/aromatic N) is 3. The zero-order chi connectivity index (χ0) is 11.1. The van der Waals surface area contributed by atoms with E-state index in [-0.39, 0.29) is 5.75 Å². The van der Waals surface area contributed by atoms with Crippen LogP contribution in [-0.2, 0) is 6.54 Å². The van der Waals surface area contributed by atoms with E-state index in [9.17, 15) is 5.11 Å². The third-order valence-corrected chi connectivity index (χ3v) is 3.39. The minimum atomic E-state index is 0.245. The first-order chi connectivity index (χ1) is 7.74. The van der Waals surface area contributed by atoms with Gasteiger partial charge in [0.05, 0.1) is 5.52 Å². The molecule has 1 fully saturated rings. The van der Waals surface area contributed by atoms with Gasteiger partial charge in [-0.1, -0.05) is 12.1 Å². The maximum atomic E-state index is 9.34. The van der Waals surface area contributed by atoms with Crippen LogP contribution in [0.3, 0.4) is 0 Å². The molecular formula is C12H15N3O. The predicted octanol–water partition coefficient (Wildman–Crippen LogP) is 2.18. The maximum Gasteiger partial charge on any atom is 0.117 e. The van der Waals surface area contributed by atoms with Crippen LogP contribution in [0.2, 0.25) is 0 Å². The van der Waals surface area contributed by atoms with Crippen LogP contribution in [0.15, 0.2) is 18.2 Å². The van der Waals surface area contributed by atoms with Crippen LogP contribution in [0.4, 0.5) is 0 Å². The molecule has 0 spiro atoms. The zero-order valence-electron chi connectivity index (χ0n) is 9.30. The van der Waals surface area contributed by atoms with Gasteiger partial charge in [-0.2, -0.15) is 0 Å². The van der Waals surface area contributed by atoms with Gasteiger partial charge in [-0.3, -0.25) is 0 Å². The second-order valence-corrected chi connectivity index (χ2v) is 4.76. The highest BCUT2D eigenvalue weighted by Crippen LogP contribution is 2.37. The Balaban J connectivity index is 1.91. The average Bonchev–Trinajstić information content (AvgIpc) is 3.03. The largest absolute Gasteiger partial charge is 0.508 e. The molecule has 84 valence electrons. The summed E-state index contributed by atoms with van der Waals surface area (Å²) < 4.78 is 1.94. The second kappa shape index (κ2) is 3.47. The van der Waals surface area contributed by atoms with Crippen LogP contribution in [0, 0.1) is 11.8 Å². The molecule has 0 bridgehead atoms. The van der Waals surface area contributed by atoms with Gasteiger partial charge >= 0.3 is 0 Å². The minimum Gasteiger partial charge on any atom is -0.508 e. The van der Waals surface area contributed by atoms with E-state index in [1.165, 1.54) is 12.8 Å². The minimum absolute atomic E-state index is 0.245. The van der Waals surface area contributed by atoms with Crippen molar-refractivity contribution in [1.29, 1.82) is 0 Å². The van der Waals surface area contributed by atoms with E-state index < -0.39 is 0 Å². The Morgan fingerprint density at radius 3 is 3.06 bits per heavy atom. The van der Waals surface area contributed by atoms with Crippen LogP contribution in [0.1, 0.15) is 19.8 Å². The summed E-state index contributed by atoms with van der Waals surface area (Å²) in [6.45, 7) is 3.19. The molecule has 0 saturated heterocycles. The van der Waals surface area contributed by atoms with Crippen LogP contribution < -0.4 is 0 Å². The van der Waals surface area contributed by atoms with Crippen LogP contribution in [0.25, 0.3) is 11.0 Å². The number of aromatic hydroxyl groups is 1. The number of phenols is 1. The highest BCUT2D eigenvalue weighted by molar-refractivity contribution is 5.75. The van der Waals surface area contributed by atoms with Crippen molar-refractivity contribution in [2.24, 2.45) is 11.8 Å². The Kier molecular flexibility index (Phi) is 2.09. The molecule has 2 aromatic rings. The molecule has 4 nitrogen and oxygen atoms in total. The molecule has 1 atom stereocenters. The third-order valence-electron chi connectivity index (χ3n) is 3.39. The summed E-state index contributed by atoms with van der Waals surface area (Å²) in [5, 5.41) is 17.5. The first-order valence-electron chi connectivity index (χ1n) is 5.76. The summed E-state index contributed by atoms with van der Waals surface area (Å²) in [5.74, 6) is 1.78. The Morgan fingerprint density at radius 1 is 1.50 bits per heavy atom. The van der Waals surface area contributed by atoms with E-state index in [1.807, 2.05) is 10.7 Å². The van der Waals surface area contributed by atoms with E-state index in [0.29, 0.717) is 5.92 Å². The monoisotopic (exact) mass is 217 g/mol. The lowest BCUT2D eigenvalue weighted by Crippen LogP contribution is -2.10. The Bertz CT molecular complexity index is 516. The summed E-state index contributed by atoms with van der Waals surface area (Å²) in [4.78, 5) is 0. The van der Waals surface area contributed by atoms with Gasteiger partial charge in [0.1, 0.15) is 11.3 Å². The Labute approximate surface area is 93.9 Å². The van der Waals surface area contributed by atoms with Gasteiger partial charge in [0, 0.05) is 12.6 Å². The van der Waals surface area contributed by atoms with Crippen molar-refractivity contribution in [2.75, 3.05) is 0 Å². The number of benzene rings is 1. The van der Waals surface area contributed by atoms with Crippen molar-refractivity contribution in [1.82, 2.24) is 15.0 Å². The summed E-state index contributed by atoms with van der Waals surface area (Å²) in [7, 11) is 0. The summed E-state index contributed by atoms with van der Waals surface area (Å²) >= 11 is 0. The molecule has 1 N–H and O–H groups in total. The van der Waals surface area contributed by atoms with E-state index in [4.69, 9.17) is 0 Å². The molecule has 1 aromatic carbocycles. The quantitative estimate of drug-likeness (QED) is 0.857. The van der Waals surface area contributed by atoms with Gasteiger partial charge in [0.15, 0.2) is 0 Å². The molecule has 0 radical (unpaired) electrons. The lowest BCUT2D eigenvalue weighted by molar-refractivity contribution is 0.407. The average molecular weight is 217 g/mol. The van der Waals surface area contributed by atoms with Crippen molar-refractivity contribution >= 4 is 11.0 Å². The Hall–Kier alpha value is -1.58. The van der Waals surface area contributed by atoms with Crippen molar-refractivity contribution in [3.63, 3.8) is 0 Å². The molecule has 1 heterocycles. The fraction of sp³-hybridized carbons (Fsp3) is 0.500. The van der Waals surface area contributed by atoms with E-state index >= 15 is 0 Å². The fourth-order valence-corrected chi connectivity index (χ4v) is 2.18. The standard InChI is InChI=1S/C12H15N3O/c1-8(9-2-3-9)7-15-12-5-4-10(16)6-11(12)13-14-15/h4-6,8-9,16H,2-3,7H2,1H3. The highest BCUT2D eigenvalue weighted by Gasteiger charge is 2.28. The lowest BCUT2D eigenvalue weighted by Gasteiger charge is -2.09. The molecular weight excluding hydrogens is 202 g/mol. The normalized spacial score (nSPS) is 17.8. The molecule has 4 heteroatoms. The number of fused-ring (bicyclic) bond motifs is 1. The van der Waals surface area contributed by atoms with E-state index in [1.54, 1.807) is 12.1 Å². The fourth-order valence-electron chi connectivity index (χ4n) is 2.18. The first-order valence-corrected chi connectivity index (χ1v) is 5.76. The van der Waals surface area contributed by atoms with Gasteiger partial charge in [0.25, 0.3) is 0 Å². The number of hydrogen-bond acceptors (Lipinski definition) is 3. The third kappa shape index (κ3) is 1.64. The molecule has 1 saturated carbocycles. The molecule has 0 aliphatic heterocycles. The highest BCUT2D eigenvalue weighted by atomic mass is 16.3. The van der Waals surface area contributed by atoms with E-state index in [2.05, 4.69) is 17.2 Å². The number of rotatable bonds is 3. The van der Waals surface area contributed by atoms with Crippen molar-refractivity contribution in [3.05, 3.63) is 18.2 Å². The molecule has 1 aliphatic carbocycles. The van der Waals surface area contributed by atoms with Crippen molar-refractivity contribution < 1.29 is 5.11 Å². The lowest BCUT2D eigenvalue weighted by atomic mass is 10.1. The molecule has 1 unspecified atom stereocenters. The molecule has 1 aromatic heterocycles. The summed E-state index contributed by atoms with van der Waals surface area (Å²) in [6, 6.07) is 5.22. The van der Waals surface area contributed by atoms with Gasteiger partial charge in [-0.25, -0.2) is 4.68 Å². The van der Waals surface area contributed by atoms with Crippen LogP contribution in [0.5, 0.6) is 5.75 Å². The maximum absolute atomic E-state index is 9.34. The summed E-state index contributed by atoms with van der Waals surface area (Å²) in [6.07, 6.45) is 2.71. The molecule has 1 aliphatic rings. The van der Waals surface area contributed by atoms with Crippen LogP contribution in [-0.4, -0.2) is 20.1 Å². The van der Waals surface area contributed by atoms with Gasteiger partial charge in [-0.15, -0.1) is 5.10 Å². The topological polar surface area (TPSA) is 50.9 Å². The molecule has 0 amide bonds. The summed E-state index contributed by atoms with van der Waals surface area (Å²) in [5.41, 5.74) is 1.77. The van der Waals surface area contributed by atoms with Crippen LogP contribution >= 0.6 is 0 Å². The molecule has 3 rings (SSSR count). The SMILES string of the molecule is CC(Cn1nnc2cc(O)ccc21)C1CC1. The van der Waals surface area contributed by atoms with Crippen molar-refractivity contribution in [3.8, 4) is 5.75 Å².